The van der Waals surface area contributed by atoms with E-state index in [1.54, 1.807) is 0 Å². The van der Waals surface area contributed by atoms with Crippen LogP contribution in [0.2, 0.25) is 0 Å². The minimum Gasteiger partial charge on any atom is -0.361 e. The first-order valence-electron chi connectivity index (χ1n) is 8.86. The second kappa shape index (κ2) is 5.32. The Labute approximate surface area is 154 Å². The molecule has 27 heavy (non-hydrogen) atoms. The molecule has 0 aliphatic heterocycles. The first kappa shape index (κ1) is 14.3. The summed E-state index contributed by atoms with van der Waals surface area (Å²) in [6.07, 6.45) is 5.78. The van der Waals surface area contributed by atoms with Crippen molar-refractivity contribution < 1.29 is 0 Å². The summed E-state index contributed by atoms with van der Waals surface area (Å²) < 4.78 is 4.13. The molecular weight excluding hydrogens is 334 g/mol. The molecule has 3 aromatic heterocycles. The quantitative estimate of drug-likeness (QED) is 0.486. The predicted molar refractivity (Wildman–Crippen MR) is 108 cm³/mol. The molecule has 6 rings (SSSR count). The van der Waals surface area contributed by atoms with Gasteiger partial charge >= 0.3 is 0 Å². The van der Waals surface area contributed by atoms with Crippen LogP contribution in [0.3, 0.4) is 0 Å². The number of aromatic amines is 1. The van der Waals surface area contributed by atoms with E-state index in [-0.39, 0.29) is 0 Å². The fraction of sp³-hybridized carbons (Fsp3) is 0. The van der Waals surface area contributed by atoms with Crippen LogP contribution in [0.15, 0.2) is 85.5 Å². The normalized spacial score (nSPS) is 11.7. The molecule has 3 heterocycles. The number of para-hydroxylation sites is 2. The third-order valence-corrected chi connectivity index (χ3v) is 5.10. The highest BCUT2D eigenvalue weighted by molar-refractivity contribution is 5.94. The molecule has 0 bridgehead atoms. The van der Waals surface area contributed by atoms with Gasteiger partial charge in [0.2, 0.25) is 0 Å². The number of benzene rings is 3. The zero-order valence-corrected chi connectivity index (χ0v) is 14.4. The Balaban J connectivity index is 1.63. The molecule has 0 saturated carbocycles. The number of nitrogens with zero attached hydrogens (tertiary/aromatic N) is 4. The second-order valence-corrected chi connectivity index (χ2v) is 6.59. The molecule has 5 heteroatoms. The number of hydrogen-bond acceptors (Lipinski definition) is 2. The van der Waals surface area contributed by atoms with Gasteiger partial charge in [-0.3, -0.25) is 4.57 Å². The van der Waals surface area contributed by atoms with Gasteiger partial charge in [0.1, 0.15) is 6.33 Å². The Morgan fingerprint density at radius 1 is 0.741 bits per heavy atom. The molecule has 0 amide bonds. The van der Waals surface area contributed by atoms with Gasteiger partial charge in [0.05, 0.1) is 34.1 Å². The van der Waals surface area contributed by atoms with E-state index < -0.39 is 0 Å². The molecule has 0 spiro atoms. The number of aromatic nitrogens is 5. The van der Waals surface area contributed by atoms with Crippen molar-refractivity contribution in [2.75, 3.05) is 0 Å². The van der Waals surface area contributed by atoms with Gasteiger partial charge in [0.25, 0.3) is 0 Å². The summed E-state index contributed by atoms with van der Waals surface area (Å²) in [5, 5.41) is 6.96. The van der Waals surface area contributed by atoms with E-state index in [0.29, 0.717) is 0 Å². The van der Waals surface area contributed by atoms with Gasteiger partial charge in [-0.25, -0.2) is 9.67 Å². The van der Waals surface area contributed by atoms with E-state index in [2.05, 4.69) is 63.1 Å². The molecule has 1 N–H and O–H groups in total. The highest BCUT2D eigenvalue weighted by Gasteiger charge is 2.13. The number of hydrogen-bond donors (Lipinski definition) is 1. The first-order valence-corrected chi connectivity index (χ1v) is 8.86. The Morgan fingerprint density at radius 2 is 1.59 bits per heavy atom. The second-order valence-electron chi connectivity index (χ2n) is 6.59. The fourth-order valence-corrected chi connectivity index (χ4v) is 3.84. The maximum Gasteiger partial charge on any atom is 0.100 e. The maximum atomic E-state index is 4.71. The van der Waals surface area contributed by atoms with E-state index in [0.717, 1.165) is 44.2 Å². The van der Waals surface area contributed by atoms with Crippen LogP contribution < -0.4 is 0 Å². The maximum absolute atomic E-state index is 4.71. The van der Waals surface area contributed by atoms with Crippen LogP contribution >= 0.6 is 0 Å². The third-order valence-electron chi connectivity index (χ3n) is 5.10. The van der Waals surface area contributed by atoms with Crippen LogP contribution in [0.4, 0.5) is 0 Å². The zero-order valence-electron chi connectivity index (χ0n) is 14.4. The summed E-state index contributed by atoms with van der Waals surface area (Å²) in [4.78, 5) is 7.80. The molecule has 6 aromatic rings. The van der Waals surface area contributed by atoms with E-state index in [4.69, 9.17) is 5.10 Å². The highest BCUT2D eigenvalue weighted by atomic mass is 15.3. The number of imidazole rings is 1. The SMILES string of the molecule is c1ccc2c(c1)ncn2-c1cccc2c1cnn2-c1cccc2[nH]ccc12. The smallest absolute Gasteiger partial charge is 0.100 e. The summed E-state index contributed by atoms with van der Waals surface area (Å²) in [5.41, 5.74) is 6.39. The molecule has 0 aliphatic carbocycles. The minimum absolute atomic E-state index is 0.985. The number of fused-ring (bicyclic) bond motifs is 3. The predicted octanol–water partition coefficient (Wildman–Crippen LogP) is 4.85. The van der Waals surface area contributed by atoms with E-state index >= 15 is 0 Å². The van der Waals surface area contributed by atoms with Crippen LogP contribution in [-0.2, 0) is 0 Å². The monoisotopic (exact) mass is 349 g/mol. The first-order chi connectivity index (χ1) is 13.4. The van der Waals surface area contributed by atoms with Crippen molar-refractivity contribution in [3.63, 3.8) is 0 Å². The summed E-state index contributed by atoms with van der Waals surface area (Å²) in [5.74, 6) is 0. The number of H-pyrrole nitrogens is 1. The summed E-state index contributed by atoms with van der Waals surface area (Å²) in [7, 11) is 0. The number of rotatable bonds is 2. The van der Waals surface area contributed by atoms with Crippen LogP contribution in [0, 0.1) is 0 Å². The van der Waals surface area contributed by atoms with E-state index in [1.165, 1.54) is 0 Å². The molecular formula is C22H15N5. The largest absolute Gasteiger partial charge is 0.361 e. The van der Waals surface area contributed by atoms with Crippen LogP contribution in [0.25, 0.3) is 44.2 Å². The van der Waals surface area contributed by atoms with Crippen LogP contribution in [0.1, 0.15) is 0 Å². The van der Waals surface area contributed by atoms with Gasteiger partial charge in [-0.15, -0.1) is 0 Å². The lowest BCUT2D eigenvalue weighted by Crippen LogP contribution is -1.97. The Bertz CT molecular complexity index is 1430. The average molecular weight is 349 g/mol. The lowest BCUT2D eigenvalue weighted by atomic mass is 10.2. The summed E-state index contributed by atoms with van der Waals surface area (Å²) in [6, 6.07) is 22.8. The summed E-state index contributed by atoms with van der Waals surface area (Å²) >= 11 is 0. The van der Waals surface area contributed by atoms with Crippen molar-refractivity contribution in [3.8, 4) is 11.4 Å². The molecule has 0 fully saturated rings. The van der Waals surface area contributed by atoms with Gasteiger partial charge in [-0.05, 0) is 42.5 Å². The molecule has 3 aromatic carbocycles. The van der Waals surface area contributed by atoms with Crippen molar-refractivity contribution in [2.24, 2.45) is 0 Å². The third kappa shape index (κ3) is 1.99. The molecule has 0 atom stereocenters. The highest BCUT2D eigenvalue weighted by Crippen LogP contribution is 2.29. The Morgan fingerprint density at radius 3 is 2.59 bits per heavy atom. The minimum atomic E-state index is 0.985. The van der Waals surface area contributed by atoms with Crippen molar-refractivity contribution in [2.45, 2.75) is 0 Å². The average Bonchev–Trinajstić information content (AvgIpc) is 3.44. The lowest BCUT2D eigenvalue weighted by molar-refractivity contribution is 0.918. The molecule has 0 saturated heterocycles. The molecule has 128 valence electrons. The fourth-order valence-electron chi connectivity index (χ4n) is 3.84. The molecule has 0 unspecified atom stereocenters. The topological polar surface area (TPSA) is 51.4 Å². The molecule has 0 radical (unpaired) electrons. The van der Waals surface area contributed by atoms with Crippen molar-refractivity contribution >= 4 is 32.8 Å². The lowest BCUT2D eigenvalue weighted by Gasteiger charge is -2.08. The molecule has 0 aliphatic rings. The van der Waals surface area contributed by atoms with Crippen molar-refractivity contribution in [1.82, 2.24) is 24.3 Å². The van der Waals surface area contributed by atoms with E-state index in [9.17, 15) is 0 Å². The van der Waals surface area contributed by atoms with Gasteiger partial charge in [-0.1, -0.05) is 24.3 Å². The van der Waals surface area contributed by atoms with Gasteiger partial charge in [0, 0.05) is 22.5 Å². The van der Waals surface area contributed by atoms with Gasteiger partial charge in [0.15, 0.2) is 0 Å². The van der Waals surface area contributed by atoms with Crippen LogP contribution in [0.5, 0.6) is 0 Å². The van der Waals surface area contributed by atoms with Crippen molar-refractivity contribution in [1.29, 1.82) is 0 Å². The number of nitrogens with one attached hydrogen (secondary N) is 1. The van der Waals surface area contributed by atoms with E-state index in [1.807, 2.05) is 41.6 Å². The Kier molecular flexibility index (Phi) is 2.82. The Hall–Kier alpha value is -3.86. The zero-order chi connectivity index (χ0) is 17.8. The van der Waals surface area contributed by atoms with Crippen LogP contribution in [-0.4, -0.2) is 24.3 Å². The summed E-state index contributed by atoms with van der Waals surface area (Å²) in [6.45, 7) is 0. The van der Waals surface area contributed by atoms with Crippen molar-refractivity contribution in [3.05, 3.63) is 85.5 Å². The standard InChI is InChI=1S/C22H15N5/c1-2-7-22-18(5-1)24-14-26(22)19-8-4-10-21-16(19)13-25-27(21)20-9-3-6-17-15(20)11-12-23-17/h1-14,23H. The van der Waals surface area contributed by atoms with Gasteiger partial charge < -0.3 is 4.98 Å². The molecule has 5 nitrogen and oxygen atoms in total. The van der Waals surface area contributed by atoms with Gasteiger partial charge in [-0.2, -0.15) is 5.10 Å².